The van der Waals surface area contributed by atoms with Crippen LogP contribution in [-0.2, 0) is 22.4 Å². The van der Waals surface area contributed by atoms with Crippen LogP contribution in [0.15, 0.2) is 24.3 Å². The number of pyridine rings is 1. The van der Waals surface area contributed by atoms with Gasteiger partial charge < -0.3 is 9.64 Å². The highest BCUT2D eigenvalue weighted by Crippen LogP contribution is 2.39. The lowest BCUT2D eigenvalue weighted by Gasteiger charge is -2.35. The van der Waals surface area contributed by atoms with E-state index in [0.717, 1.165) is 67.4 Å². The molecule has 4 rings (SSSR count). The van der Waals surface area contributed by atoms with Crippen LogP contribution in [-0.4, -0.2) is 41.0 Å². The summed E-state index contributed by atoms with van der Waals surface area (Å²) in [5.41, 5.74) is 3.58. The first-order chi connectivity index (χ1) is 14.3. The van der Waals surface area contributed by atoms with Crippen molar-refractivity contribution in [3.05, 3.63) is 41.1 Å². The van der Waals surface area contributed by atoms with Crippen LogP contribution in [0.5, 0.6) is 0 Å². The number of hydrogen-bond acceptors (Lipinski definition) is 4. The number of ether oxygens (including phenoxy) is 1. The van der Waals surface area contributed by atoms with E-state index in [9.17, 15) is 9.59 Å². The molecule has 5 heteroatoms. The lowest BCUT2D eigenvalue weighted by atomic mass is 9.70. The second kappa shape index (κ2) is 8.01. The van der Waals surface area contributed by atoms with Gasteiger partial charge in [0.2, 0.25) is 0 Å². The Hall–Kier alpha value is -2.43. The van der Waals surface area contributed by atoms with Gasteiger partial charge in [-0.25, -0.2) is 4.79 Å². The summed E-state index contributed by atoms with van der Waals surface area (Å²) in [4.78, 5) is 32.7. The maximum atomic E-state index is 13.4. The molecule has 2 atom stereocenters. The molecule has 2 aliphatic rings. The summed E-state index contributed by atoms with van der Waals surface area (Å²) in [5.74, 6) is -0.0247. The average Bonchev–Trinajstić information content (AvgIpc) is 3.24. The van der Waals surface area contributed by atoms with Crippen LogP contribution in [0.25, 0.3) is 10.9 Å². The van der Waals surface area contributed by atoms with Gasteiger partial charge in [0.1, 0.15) is 0 Å². The van der Waals surface area contributed by atoms with E-state index in [1.165, 1.54) is 0 Å². The predicted octanol–water partition coefficient (Wildman–Crippen LogP) is 4.55. The topological polar surface area (TPSA) is 59.5 Å². The molecule has 2 aromatic rings. The lowest BCUT2D eigenvalue weighted by Crippen LogP contribution is -2.38. The molecule has 1 amide bonds. The Kier molecular flexibility index (Phi) is 5.56. The van der Waals surface area contributed by atoms with Gasteiger partial charge in [0.05, 0.1) is 11.1 Å². The summed E-state index contributed by atoms with van der Waals surface area (Å²) in [6, 6.07) is 7.75. The first kappa shape index (κ1) is 20.8. The van der Waals surface area contributed by atoms with E-state index in [2.05, 4.69) is 20.8 Å². The molecule has 1 fully saturated rings. The van der Waals surface area contributed by atoms with Crippen LogP contribution in [0.2, 0.25) is 0 Å². The van der Waals surface area contributed by atoms with Crippen molar-refractivity contribution in [2.75, 3.05) is 13.1 Å². The van der Waals surface area contributed by atoms with Gasteiger partial charge in [0.25, 0.3) is 5.91 Å². The van der Waals surface area contributed by atoms with Gasteiger partial charge in [-0.15, -0.1) is 0 Å². The average molecular weight is 409 g/mol. The number of para-hydroxylation sites is 1. The Morgan fingerprint density at radius 3 is 2.57 bits per heavy atom. The molecule has 160 valence electrons. The SMILES string of the molecule is C[C@H](OC(=O)c1c2c(nc3ccccc13)CC[C@H](C(C)(C)C)C2)C(=O)N1CCCC1. The van der Waals surface area contributed by atoms with Crippen molar-refractivity contribution in [1.29, 1.82) is 0 Å². The van der Waals surface area contributed by atoms with Gasteiger partial charge in [0.15, 0.2) is 6.10 Å². The number of amides is 1. The van der Waals surface area contributed by atoms with Crippen molar-refractivity contribution >= 4 is 22.8 Å². The zero-order chi connectivity index (χ0) is 21.5. The standard InChI is InChI=1S/C25H32N2O3/c1-16(23(28)27-13-7-8-14-27)30-24(29)22-18-9-5-6-10-20(18)26-21-12-11-17(15-19(21)22)25(2,3)4/h5-6,9-10,16-17H,7-8,11-15H2,1-4H3/t16-,17-/m0/s1. The zero-order valence-electron chi connectivity index (χ0n) is 18.5. The molecule has 1 aliphatic heterocycles. The van der Waals surface area contributed by atoms with E-state index >= 15 is 0 Å². The van der Waals surface area contributed by atoms with E-state index in [4.69, 9.17) is 9.72 Å². The third kappa shape index (κ3) is 3.94. The molecule has 1 aliphatic carbocycles. The van der Waals surface area contributed by atoms with Gasteiger partial charge in [-0.3, -0.25) is 9.78 Å². The fourth-order valence-corrected chi connectivity index (χ4v) is 4.83. The van der Waals surface area contributed by atoms with E-state index in [1.54, 1.807) is 11.8 Å². The van der Waals surface area contributed by atoms with Gasteiger partial charge in [-0.1, -0.05) is 39.0 Å². The third-order valence-corrected chi connectivity index (χ3v) is 6.74. The van der Waals surface area contributed by atoms with Gasteiger partial charge in [0, 0.05) is 24.2 Å². The van der Waals surface area contributed by atoms with Crippen LogP contribution >= 0.6 is 0 Å². The number of carbonyl (C=O) groups is 2. The minimum Gasteiger partial charge on any atom is -0.449 e. The Labute approximate surface area is 178 Å². The molecule has 1 saturated heterocycles. The number of aryl methyl sites for hydroxylation is 1. The monoisotopic (exact) mass is 408 g/mol. The van der Waals surface area contributed by atoms with Gasteiger partial charge in [-0.05, 0) is 62.0 Å². The highest BCUT2D eigenvalue weighted by atomic mass is 16.5. The minimum atomic E-state index is -0.778. The summed E-state index contributed by atoms with van der Waals surface area (Å²) < 4.78 is 5.75. The summed E-state index contributed by atoms with van der Waals surface area (Å²) >= 11 is 0. The number of aromatic nitrogens is 1. The number of hydrogen-bond donors (Lipinski definition) is 0. The molecular weight excluding hydrogens is 376 g/mol. The molecule has 1 aromatic carbocycles. The minimum absolute atomic E-state index is 0.0966. The van der Waals surface area contributed by atoms with Crippen LogP contribution in [0.3, 0.4) is 0 Å². The van der Waals surface area contributed by atoms with Crippen molar-refractivity contribution in [2.24, 2.45) is 11.3 Å². The molecule has 0 unspecified atom stereocenters. The fourth-order valence-electron chi connectivity index (χ4n) is 4.83. The number of likely N-dealkylation sites (tertiary alicyclic amines) is 1. The smallest absolute Gasteiger partial charge is 0.339 e. The van der Waals surface area contributed by atoms with Crippen LogP contribution in [0.4, 0.5) is 0 Å². The molecule has 0 N–H and O–H groups in total. The highest BCUT2D eigenvalue weighted by Gasteiger charge is 2.34. The maximum absolute atomic E-state index is 13.4. The second-order valence-corrected chi connectivity index (χ2v) is 9.81. The number of fused-ring (bicyclic) bond motifs is 2. The van der Waals surface area contributed by atoms with E-state index < -0.39 is 12.1 Å². The van der Waals surface area contributed by atoms with Crippen LogP contribution < -0.4 is 0 Å². The first-order valence-electron chi connectivity index (χ1n) is 11.2. The Balaban J connectivity index is 1.70. The summed E-state index contributed by atoms with van der Waals surface area (Å²) in [6.07, 6.45) is 4.01. The Morgan fingerprint density at radius 2 is 1.87 bits per heavy atom. The predicted molar refractivity (Wildman–Crippen MR) is 117 cm³/mol. The fraction of sp³-hybridized carbons (Fsp3) is 0.560. The van der Waals surface area contributed by atoms with Crippen molar-refractivity contribution in [3.63, 3.8) is 0 Å². The molecule has 1 aromatic heterocycles. The molecule has 0 bridgehead atoms. The molecule has 5 nitrogen and oxygen atoms in total. The summed E-state index contributed by atoms with van der Waals surface area (Å²) in [6.45, 7) is 9.96. The number of benzene rings is 1. The van der Waals surface area contributed by atoms with Gasteiger partial charge >= 0.3 is 5.97 Å². The summed E-state index contributed by atoms with van der Waals surface area (Å²) in [7, 11) is 0. The molecular formula is C25H32N2O3. The van der Waals surface area contributed by atoms with Crippen LogP contribution in [0.1, 0.15) is 68.6 Å². The largest absolute Gasteiger partial charge is 0.449 e. The van der Waals surface area contributed by atoms with Crippen molar-refractivity contribution in [1.82, 2.24) is 9.88 Å². The lowest BCUT2D eigenvalue weighted by molar-refractivity contribution is -0.138. The maximum Gasteiger partial charge on any atom is 0.339 e. The van der Waals surface area contributed by atoms with Crippen LogP contribution in [0, 0.1) is 11.3 Å². The quantitative estimate of drug-likeness (QED) is 0.699. The second-order valence-electron chi connectivity index (χ2n) is 9.81. The van der Waals surface area contributed by atoms with Gasteiger partial charge in [-0.2, -0.15) is 0 Å². The Bertz CT molecular complexity index is 970. The molecule has 30 heavy (non-hydrogen) atoms. The van der Waals surface area contributed by atoms with E-state index in [0.29, 0.717) is 11.5 Å². The molecule has 0 saturated carbocycles. The highest BCUT2D eigenvalue weighted by molar-refractivity contribution is 6.05. The Morgan fingerprint density at radius 1 is 1.17 bits per heavy atom. The number of rotatable bonds is 3. The number of nitrogens with zero attached hydrogens (tertiary/aromatic N) is 2. The normalized spacial score (nSPS) is 20.1. The number of carbonyl (C=O) groups excluding carboxylic acids is 2. The number of esters is 1. The molecule has 2 heterocycles. The third-order valence-electron chi connectivity index (χ3n) is 6.74. The van der Waals surface area contributed by atoms with Crippen molar-refractivity contribution in [3.8, 4) is 0 Å². The van der Waals surface area contributed by atoms with E-state index in [1.807, 2.05) is 24.3 Å². The molecule has 0 radical (unpaired) electrons. The first-order valence-corrected chi connectivity index (χ1v) is 11.2. The van der Waals surface area contributed by atoms with Crippen molar-refractivity contribution < 1.29 is 14.3 Å². The van der Waals surface area contributed by atoms with E-state index in [-0.39, 0.29) is 11.3 Å². The van der Waals surface area contributed by atoms with Crippen molar-refractivity contribution in [2.45, 2.75) is 65.9 Å². The zero-order valence-corrected chi connectivity index (χ0v) is 18.5. The molecule has 0 spiro atoms. The summed E-state index contributed by atoms with van der Waals surface area (Å²) in [5, 5.41) is 0.816.